The van der Waals surface area contributed by atoms with Gasteiger partial charge in [-0.05, 0) is 24.6 Å². The summed E-state index contributed by atoms with van der Waals surface area (Å²) in [5, 5.41) is 11.0. The van der Waals surface area contributed by atoms with E-state index in [1.807, 2.05) is 0 Å². The van der Waals surface area contributed by atoms with Crippen LogP contribution >= 0.6 is 0 Å². The molecule has 2 rings (SSSR count). The molecule has 0 radical (unpaired) electrons. The van der Waals surface area contributed by atoms with Crippen molar-refractivity contribution in [1.82, 2.24) is 0 Å². The lowest BCUT2D eigenvalue weighted by Crippen LogP contribution is -2.55. The molecule has 1 aliphatic rings. The summed E-state index contributed by atoms with van der Waals surface area (Å²) in [4.78, 5) is 38.4. The Bertz CT molecular complexity index is 796. The summed E-state index contributed by atoms with van der Waals surface area (Å²) < 4.78 is 15.6. The van der Waals surface area contributed by atoms with Gasteiger partial charge in [-0.3, -0.25) is 14.4 Å². The number of Topliss-reactive ketones (excluding diaryl/α,β-unsaturated/α-hetero) is 1. The maximum absolute atomic E-state index is 12.9. The molecule has 0 unspecified atom stereocenters. The molecule has 0 amide bonds. The van der Waals surface area contributed by atoms with Gasteiger partial charge in [0.25, 0.3) is 0 Å². The van der Waals surface area contributed by atoms with Crippen LogP contribution in [0.4, 0.5) is 0 Å². The van der Waals surface area contributed by atoms with Gasteiger partial charge in [-0.15, -0.1) is 0 Å². The van der Waals surface area contributed by atoms with Crippen molar-refractivity contribution < 1.29 is 33.7 Å². The van der Waals surface area contributed by atoms with Gasteiger partial charge in [-0.2, -0.15) is 0 Å². The third-order valence-corrected chi connectivity index (χ3v) is 4.94. The minimum Gasteiger partial charge on any atom is -0.497 e. The van der Waals surface area contributed by atoms with Gasteiger partial charge < -0.3 is 19.3 Å². The molecule has 29 heavy (non-hydrogen) atoms. The van der Waals surface area contributed by atoms with Crippen LogP contribution in [-0.2, 0) is 23.9 Å². The number of esters is 2. The first kappa shape index (κ1) is 22.4. The van der Waals surface area contributed by atoms with Crippen molar-refractivity contribution in [2.75, 3.05) is 20.3 Å². The molecule has 0 bridgehead atoms. The highest BCUT2D eigenvalue weighted by Gasteiger charge is 2.57. The lowest BCUT2D eigenvalue weighted by atomic mass is 9.61. The summed E-state index contributed by atoms with van der Waals surface area (Å²) in [6.45, 7) is 8.26. The molecule has 0 heterocycles. The number of carbonyl (C=O) groups is 3. The fraction of sp³-hybridized carbons (Fsp3) is 0.409. The summed E-state index contributed by atoms with van der Waals surface area (Å²) in [5.74, 6) is -4.97. The van der Waals surface area contributed by atoms with Crippen molar-refractivity contribution in [3.8, 4) is 5.75 Å². The minimum absolute atomic E-state index is 0.0598. The summed E-state index contributed by atoms with van der Waals surface area (Å²) >= 11 is 0. The molecular formula is C22H26O7. The largest absolute Gasteiger partial charge is 0.497 e. The maximum Gasteiger partial charge on any atom is 0.317 e. The van der Waals surface area contributed by atoms with Crippen molar-refractivity contribution in [2.45, 2.75) is 24.9 Å². The van der Waals surface area contributed by atoms with Gasteiger partial charge in [0.15, 0.2) is 5.78 Å². The van der Waals surface area contributed by atoms with Gasteiger partial charge in [-0.1, -0.05) is 37.4 Å². The van der Waals surface area contributed by atoms with Crippen molar-refractivity contribution in [2.24, 2.45) is 11.8 Å². The monoisotopic (exact) mass is 402 g/mol. The summed E-state index contributed by atoms with van der Waals surface area (Å²) in [6, 6.07) is 6.67. The first-order chi connectivity index (χ1) is 13.8. The second kappa shape index (κ2) is 9.52. The standard InChI is InChI=1S/C22H26O7/c1-5-10-28-20(24)18-16(23)13-22(3,26)19(21(25)29-11-6-2)17(18)14-8-7-9-15(12-14)27-4/h5-9,12,17-19,26H,1-2,10-11,13H2,3-4H3/t17-,18+,19+,22-/m0/s1. The number of carbonyl (C=O) groups excluding carboxylic acids is 3. The Morgan fingerprint density at radius 3 is 2.41 bits per heavy atom. The third-order valence-electron chi connectivity index (χ3n) is 4.94. The Balaban J connectivity index is 2.60. The number of hydrogen-bond acceptors (Lipinski definition) is 7. The van der Waals surface area contributed by atoms with Crippen molar-refractivity contribution in [3.63, 3.8) is 0 Å². The van der Waals surface area contributed by atoms with E-state index in [9.17, 15) is 19.5 Å². The van der Waals surface area contributed by atoms with Gasteiger partial charge in [0.2, 0.25) is 0 Å². The molecule has 1 fully saturated rings. The lowest BCUT2D eigenvalue weighted by molar-refractivity contribution is -0.172. The summed E-state index contributed by atoms with van der Waals surface area (Å²) in [7, 11) is 1.48. The highest BCUT2D eigenvalue weighted by molar-refractivity contribution is 6.02. The van der Waals surface area contributed by atoms with Crippen LogP contribution in [0.25, 0.3) is 0 Å². The molecule has 1 aliphatic carbocycles. The molecule has 0 spiro atoms. The Labute approximate surface area is 170 Å². The van der Waals surface area contributed by atoms with E-state index in [0.29, 0.717) is 11.3 Å². The molecule has 0 aromatic heterocycles. The average Bonchev–Trinajstić information content (AvgIpc) is 2.68. The fourth-order valence-corrected chi connectivity index (χ4v) is 3.73. The van der Waals surface area contributed by atoms with Crippen molar-refractivity contribution in [3.05, 3.63) is 55.1 Å². The second-order valence-corrected chi connectivity index (χ2v) is 7.10. The van der Waals surface area contributed by atoms with E-state index in [1.54, 1.807) is 24.3 Å². The van der Waals surface area contributed by atoms with Gasteiger partial charge in [0.1, 0.15) is 24.9 Å². The molecule has 7 heteroatoms. The Hall–Kier alpha value is -2.93. The maximum atomic E-state index is 12.9. The number of ether oxygens (including phenoxy) is 3. The number of rotatable bonds is 8. The number of ketones is 1. The van der Waals surface area contributed by atoms with E-state index in [-0.39, 0.29) is 19.6 Å². The van der Waals surface area contributed by atoms with Crippen molar-refractivity contribution in [1.29, 1.82) is 0 Å². The fourth-order valence-electron chi connectivity index (χ4n) is 3.73. The van der Waals surface area contributed by atoms with Crippen LogP contribution in [0.1, 0.15) is 24.8 Å². The predicted molar refractivity (Wildman–Crippen MR) is 105 cm³/mol. The lowest BCUT2D eigenvalue weighted by Gasteiger charge is -2.43. The van der Waals surface area contributed by atoms with E-state index < -0.39 is 41.1 Å². The number of hydrogen-bond donors (Lipinski definition) is 1. The highest BCUT2D eigenvalue weighted by atomic mass is 16.5. The number of benzene rings is 1. The smallest absolute Gasteiger partial charge is 0.317 e. The van der Waals surface area contributed by atoms with Gasteiger partial charge in [0, 0.05) is 12.3 Å². The first-order valence-corrected chi connectivity index (χ1v) is 9.21. The Kier molecular flexibility index (Phi) is 7.34. The predicted octanol–water partition coefficient (Wildman–Crippen LogP) is 2.19. The van der Waals surface area contributed by atoms with Crippen LogP contribution in [0.3, 0.4) is 0 Å². The zero-order valence-corrected chi connectivity index (χ0v) is 16.6. The normalized spacial score (nSPS) is 26.3. The van der Waals surface area contributed by atoms with E-state index >= 15 is 0 Å². The molecule has 0 aliphatic heterocycles. The SMILES string of the molecule is C=CCOC(=O)[C@@H]1C(=O)C[C@](C)(O)[C@@H](C(=O)OCC=C)[C@H]1c1cccc(OC)c1. The third kappa shape index (κ3) is 4.92. The molecule has 4 atom stereocenters. The second-order valence-electron chi connectivity index (χ2n) is 7.10. The zero-order valence-electron chi connectivity index (χ0n) is 16.6. The molecular weight excluding hydrogens is 376 g/mol. The molecule has 1 aromatic carbocycles. The van der Waals surface area contributed by atoms with Crippen LogP contribution < -0.4 is 4.74 Å². The number of aliphatic hydroxyl groups is 1. The van der Waals surface area contributed by atoms with E-state index in [0.717, 1.165) is 0 Å². The van der Waals surface area contributed by atoms with Crippen LogP contribution in [0.15, 0.2) is 49.6 Å². The molecule has 156 valence electrons. The van der Waals surface area contributed by atoms with Gasteiger partial charge in [-0.25, -0.2) is 0 Å². The zero-order chi connectivity index (χ0) is 21.6. The molecule has 1 aromatic rings. The van der Waals surface area contributed by atoms with Crippen LogP contribution in [-0.4, -0.2) is 48.8 Å². The molecule has 7 nitrogen and oxygen atoms in total. The van der Waals surface area contributed by atoms with Crippen LogP contribution in [0.5, 0.6) is 5.75 Å². The van der Waals surface area contributed by atoms with Crippen molar-refractivity contribution >= 4 is 17.7 Å². The van der Waals surface area contributed by atoms with E-state index in [1.165, 1.54) is 26.2 Å². The average molecular weight is 402 g/mol. The van der Waals surface area contributed by atoms with Gasteiger partial charge in [0.05, 0.1) is 18.6 Å². The molecule has 1 saturated carbocycles. The molecule has 1 N–H and O–H groups in total. The summed E-state index contributed by atoms with van der Waals surface area (Å²) in [5.41, 5.74) is -1.23. The van der Waals surface area contributed by atoms with Gasteiger partial charge >= 0.3 is 11.9 Å². The topological polar surface area (TPSA) is 99.1 Å². The van der Waals surface area contributed by atoms with Crippen LogP contribution in [0.2, 0.25) is 0 Å². The quantitative estimate of drug-likeness (QED) is 0.404. The molecule has 0 saturated heterocycles. The Morgan fingerprint density at radius 2 is 1.83 bits per heavy atom. The van der Waals surface area contributed by atoms with Crippen LogP contribution in [0, 0.1) is 11.8 Å². The number of methoxy groups -OCH3 is 1. The van der Waals surface area contributed by atoms with E-state index in [4.69, 9.17) is 14.2 Å². The highest BCUT2D eigenvalue weighted by Crippen LogP contribution is 2.47. The summed E-state index contributed by atoms with van der Waals surface area (Å²) in [6.07, 6.45) is 2.41. The minimum atomic E-state index is -1.71. The Morgan fingerprint density at radius 1 is 1.21 bits per heavy atom. The van der Waals surface area contributed by atoms with E-state index in [2.05, 4.69) is 13.2 Å². The first-order valence-electron chi connectivity index (χ1n) is 9.21.